The Kier molecular flexibility index (Phi) is 3.56. The lowest BCUT2D eigenvalue weighted by atomic mass is 10.1. The van der Waals surface area contributed by atoms with Crippen LogP contribution in [0.3, 0.4) is 0 Å². The van der Waals surface area contributed by atoms with Crippen LogP contribution in [0.5, 0.6) is 0 Å². The summed E-state index contributed by atoms with van der Waals surface area (Å²) in [5.41, 5.74) is 1.97. The van der Waals surface area contributed by atoms with Crippen LogP contribution in [0.15, 0.2) is 41.7 Å². The highest BCUT2D eigenvalue weighted by atomic mass is 32.2. The Labute approximate surface area is 121 Å². The average Bonchev–Trinajstić information content (AvgIpc) is 2.92. The standard InChI is InChI=1S/C14H15N5S/c1-9(10-6-4-3-5-7-10)17-12-11-13(16-8-15-12)18-19-14(11)20-2/h3-9H,1-2H3,(H2,15,16,17,18,19)/t9-/m1/s1. The van der Waals surface area contributed by atoms with Gasteiger partial charge < -0.3 is 5.32 Å². The van der Waals surface area contributed by atoms with Crippen molar-refractivity contribution in [1.29, 1.82) is 0 Å². The number of aromatic nitrogens is 4. The molecule has 1 aromatic carbocycles. The highest BCUT2D eigenvalue weighted by molar-refractivity contribution is 7.98. The minimum Gasteiger partial charge on any atom is -0.363 e. The van der Waals surface area contributed by atoms with Crippen molar-refractivity contribution >= 4 is 28.6 Å². The van der Waals surface area contributed by atoms with Gasteiger partial charge in [-0.1, -0.05) is 30.3 Å². The van der Waals surface area contributed by atoms with Crippen molar-refractivity contribution in [2.45, 2.75) is 18.0 Å². The van der Waals surface area contributed by atoms with Gasteiger partial charge in [0.25, 0.3) is 0 Å². The van der Waals surface area contributed by atoms with Gasteiger partial charge >= 0.3 is 0 Å². The zero-order chi connectivity index (χ0) is 13.9. The minimum absolute atomic E-state index is 0.166. The Morgan fingerprint density at radius 3 is 2.75 bits per heavy atom. The summed E-state index contributed by atoms with van der Waals surface area (Å²) in [5, 5.41) is 12.5. The molecule has 0 radical (unpaired) electrons. The molecule has 5 nitrogen and oxygen atoms in total. The summed E-state index contributed by atoms with van der Waals surface area (Å²) < 4.78 is 0. The van der Waals surface area contributed by atoms with Crippen LogP contribution in [0.2, 0.25) is 0 Å². The van der Waals surface area contributed by atoms with Crippen LogP contribution in [0, 0.1) is 0 Å². The van der Waals surface area contributed by atoms with E-state index >= 15 is 0 Å². The fourth-order valence-corrected chi connectivity index (χ4v) is 2.65. The van der Waals surface area contributed by atoms with Crippen molar-refractivity contribution in [3.8, 4) is 0 Å². The van der Waals surface area contributed by atoms with Crippen LogP contribution in [-0.4, -0.2) is 26.4 Å². The molecule has 0 saturated carbocycles. The zero-order valence-corrected chi connectivity index (χ0v) is 12.1. The van der Waals surface area contributed by atoms with E-state index in [1.165, 1.54) is 5.56 Å². The minimum atomic E-state index is 0.166. The molecule has 2 heterocycles. The number of benzene rings is 1. The number of aromatic amines is 1. The molecule has 2 N–H and O–H groups in total. The molecular formula is C14H15N5S. The fraction of sp³-hybridized carbons (Fsp3) is 0.214. The van der Waals surface area contributed by atoms with E-state index in [0.717, 1.165) is 21.9 Å². The summed E-state index contributed by atoms with van der Waals surface area (Å²) in [6, 6.07) is 10.4. The summed E-state index contributed by atoms with van der Waals surface area (Å²) in [6.07, 6.45) is 3.54. The molecule has 20 heavy (non-hydrogen) atoms. The van der Waals surface area contributed by atoms with E-state index in [2.05, 4.69) is 44.5 Å². The molecule has 3 rings (SSSR count). The topological polar surface area (TPSA) is 66.5 Å². The molecule has 1 atom stereocenters. The Balaban J connectivity index is 1.96. The van der Waals surface area contributed by atoms with Crippen molar-refractivity contribution in [3.05, 3.63) is 42.2 Å². The highest BCUT2D eigenvalue weighted by Gasteiger charge is 2.14. The molecular weight excluding hydrogens is 270 g/mol. The van der Waals surface area contributed by atoms with Gasteiger partial charge in [0.05, 0.1) is 5.39 Å². The number of fused-ring (bicyclic) bond motifs is 1. The molecule has 0 aliphatic rings. The molecule has 3 aromatic rings. The van der Waals surface area contributed by atoms with Gasteiger partial charge in [0, 0.05) is 6.04 Å². The van der Waals surface area contributed by atoms with Crippen LogP contribution in [-0.2, 0) is 0 Å². The molecule has 0 saturated heterocycles. The number of nitrogens with zero attached hydrogens (tertiary/aromatic N) is 3. The number of rotatable bonds is 4. The van der Waals surface area contributed by atoms with Crippen LogP contribution in [0.1, 0.15) is 18.5 Å². The van der Waals surface area contributed by atoms with Crippen LogP contribution < -0.4 is 5.32 Å². The third kappa shape index (κ3) is 2.34. The maximum Gasteiger partial charge on any atom is 0.161 e. The lowest BCUT2D eigenvalue weighted by Gasteiger charge is -2.15. The van der Waals surface area contributed by atoms with Crippen molar-refractivity contribution in [1.82, 2.24) is 20.2 Å². The largest absolute Gasteiger partial charge is 0.363 e. The zero-order valence-electron chi connectivity index (χ0n) is 11.3. The lowest BCUT2D eigenvalue weighted by molar-refractivity contribution is 0.875. The quantitative estimate of drug-likeness (QED) is 0.720. The lowest BCUT2D eigenvalue weighted by Crippen LogP contribution is -2.08. The van der Waals surface area contributed by atoms with Crippen LogP contribution in [0.4, 0.5) is 5.82 Å². The van der Waals surface area contributed by atoms with Crippen LogP contribution >= 0.6 is 11.8 Å². The second-order valence-electron chi connectivity index (χ2n) is 4.46. The van der Waals surface area contributed by atoms with Gasteiger partial charge in [-0.3, -0.25) is 5.10 Å². The first kappa shape index (κ1) is 12.9. The smallest absolute Gasteiger partial charge is 0.161 e. The van der Waals surface area contributed by atoms with E-state index in [1.54, 1.807) is 18.1 Å². The Morgan fingerprint density at radius 1 is 1.20 bits per heavy atom. The summed E-state index contributed by atoms with van der Waals surface area (Å²) >= 11 is 1.58. The van der Waals surface area contributed by atoms with E-state index < -0.39 is 0 Å². The van der Waals surface area contributed by atoms with Gasteiger partial charge in [-0.25, -0.2) is 9.97 Å². The molecule has 0 aliphatic carbocycles. The van der Waals surface area contributed by atoms with Gasteiger partial charge in [0.1, 0.15) is 17.2 Å². The number of hydrogen-bond acceptors (Lipinski definition) is 5. The number of nitrogens with one attached hydrogen (secondary N) is 2. The Morgan fingerprint density at radius 2 is 2.00 bits per heavy atom. The van der Waals surface area contributed by atoms with Crippen molar-refractivity contribution in [2.24, 2.45) is 0 Å². The monoisotopic (exact) mass is 285 g/mol. The van der Waals surface area contributed by atoms with E-state index in [9.17, 15) is 0 Å². The van der Waals surface area contributed by atoms with E-state index in [1.807, 2.05) is 24.5 Å². The maximum absolute atomic E-state index is 4.36. The van der Waals surface area contributed by atoms with Gasteiger partial charge in [0.15, 0.2) is 5.65 Å². The molecule has 0 spiro atoms. The SMILES string of the molecule is CSc1n[nH]c2ncnc(N[C@H](C)c3ccccc3)c12. The van der Waals surface area contributed by atoms with Gasteiger partial charge in [-0.05, 0) is 18.7 Å². The normalized spacial score (nSPS) is 12.5. The predicted octanol–water partition coefficient (Wildman–Crippen LogP) is 3.25. The number of anilines is 1. The van der Waals surface area contributed by atoms with Crippen molar-refractivity contribution in [3.63, 3.8) is 0 Å². The van der Waals surface area contributed by atoms with Gasteiger partial charge in [-0.15, -0.1) is 11.8 Å². The first-order valence-electron chi connectivity index (χ1n) is 6.34. The highest BCUT2D eigenvalue weighted by Crippen LogP contribution is 2.29. The molecule has 0 unspecified atom stereocenters. The second kappa shape index (κ2) is 5.50. The van der Waals surface area contributed by atoms with E-state index in [4.69, 9.17) is 0 Å². The molecule has 0 amide bonds. The summed E-state index contributed by atoms with van der Waals surface area (Å²) in [5.74, 6) is 0.810. The third-order valence-corrected chi connectivity index (χ3v) is 3.85. The second-order valence-corrected chi connectivity index (χ2v) is 5.25. The summed E-state index contributed by atoms with van der Waals surface area (Å²) in [6.45, 7) is 2.11. The number of H-pyrrole nitrogens is 1. The number of hydrogen-bond donors (Lipinski definition) is 2. The van der Waals surface area contributed by atoms with Crippen molar-refractivity contribution < 1.29 is 0 Å². The van der Waals surface area contributed by atoms with E-state index in [-0.39, 0.29) is 6.04 Å². The number of thioether (sulfide) groups is 1. The summed E-state index contributed by atoms with van der Waals surface area (Å²) in [4.78, 5) is 8.57. The predicted molar refractivity (Wildman–Crippen MR) is 81.9 cm³/mol. The van der Waals surface area contributed by atoms with Gasteiger partial charge in [-0.2, -0.15) is 5.10 Å². The van der Waals surface area contributed by atoms with Crippen molar-refractivity contribution in [2.75, 3.05) is 11.6 Å². The first-order valence-corrected chi connectivity index (χ1v) is 7.56. The first-order chi connectivity index (χ1) is 9.79. The van der Waals surface area contributed by atoms with E-state index in [0.29, 0.717) is 0 Å². The molecule has 102 valence electrons. The van der Waals surface area contributed by atoms with Crippen LogP contribution in [0.25, 0.3) is 11.0 Å². The molecule has 0 aliphatic heterocycles. The molecule has 6 heteroatoms. The van der Waals surface area contributed by atoms with Gasteiger partial charge in [0.2, 0.25) is 0 Å². The molecule has 2 aromatic heterocycles. The Hall–Kier alpha value is -2.08. The average molecular weight is 285 g/mol. The summed E-state index contributed by atoms with van der Waals surface area (Å²) in [7, 11) is 0. The third-order valence-electron chi connectivity index (χ3n) is 3.17. The molecule has 0 fully saturated rings. The molecule has 0 bridgehead atoms. The Bertz CT molecular complexity index is 710. The maximum atomic E-state index is 4.36. The fourth-order valence-electron chi connectivity index (χ4n) is 2.12.